The number of nitrogens with one attached hydrogen (secondary N) is 1. The van der Waals surface area contributed by atoms with Crippen molar-refractivity contribution in [2.45, 2.75) is 77.3 Å². The molecule has 0 aromatic rings. The summed E-state index contributed by atoms with van der Waals surface area (Å²) in [5, 5.41) is 3.78. The first kappa shape index (κ1) is 14.8. The summed E-state index contributed by atoms with van der Waals surface area (Å²) in [4.78, 5) is 11.8. The lowest BCUT2D eigenvalue weighted by Gasteiger charge is -2.32. The fourth-order valence-electron chi connectivity index (χ4n) is 3.78. The molecule has 2 aliphatic carbocycles. The number of ether oxygens (including phenoxy) is 1. The zero-order valence-corrected chi connectivity index (χ0v) is 12.5. The molecule has 3 atom stereocenters. The van der Waals surface area contributed by atoms with E-state index in [0.717, 1.165) is 25.2 Å². The molecule has 0 aliphatic heterocycles. The molecule has 2 fully saturated rings. The molecule has 0 radical (unpaired) electrons. The van der Waals surface area contributed by atoms with E-state index in [-0.39, 0.29) is 11.9 Å². The van der Waals surface area contributed by atoms with Crippen molar-refractivity contribution in [1.82, 2.24) is 5.32 Å². The summed E-state index contributed by atoms with van der Waals surface area (Å²) in [7, 11) is 0. The number of carbonyl (C=O) groups is 1. The molecule has 3 nitrogen and oxygen atoms in total. The molecule has 1 N–H and O–H groups in total. The van der Waals surface area contributed by atoms with Gasteiger partial charge < -0.3 is 10.1 Å². The Labute approximate surface area is 117 Å². The second-order valence-corrected chi connectivity index (χ2v) is 6.31. The van der Waals surface area contributed by atoms with Crippen LogP contribution in [0.3, 0.4) is 0 Å². The van der Waals surface area contributed by atoms with Gasteiger partial charge in [-0.25, -0.2) is 0 Å². The summed E-state index contributed by atoms with van der Waals surface area (Å²) >= 11 is 0. The van der Waals surface area contributed by atoms with Crippen molar-refractivity contribution in [3.8, 4) is 0 Å². The monoisotopic (exact) mass is 267 g/mol. The van der Waals surface area contributed by atoms with Crippen molar-refractivity contribution in [3.05, 3.63) is 0 Å². The van der Waals surface area contributed by atoms with Gasteiger partial charge in [-0.2, -0.15) is 0 Å². The molecule has 0 spiro atoms. The third-order valence-corrected chi connectivity index (χ3v) is 4.90. The van der Waals surface area contributed by atoms with E-state index >= 15 is 0 Å². The van der Waals surface area contributed by atoms with Gasteiger partial charge in [0.15, 0.2) is 0 Å². The predicted octanol–water partition coefficient (Wildman–Crippen LogP) is 3.28. The van der Waals surface area contributed by atoms with Gasteiger partial charge in [0.1, 0.15) is 0 Å². The predicted molar refractivity (Wildman–Crippen MR) is 76.9 cm³/mol. The lowest BCUT2D eigenvalue weighted by Crippen LogP contribution is -2.43. The zero-order valence-electron chi connectivity index (χ0n) is 12.5. The normalized spacial score (nSPS) is 30.2. The third-order valence-electron chi connectivity index (χ3n) is 4.90. The number of rotatable bonds is 5. The van der Waals surface area contributed by atoms with Crippen LogP contribution in [-0.4, -0.2) is 24.7 Å². The Hall–Kier alpha value is -0.570. The first-order valence-electron chi connectivity index (χ1n) is 8.13. The van der Waals surface area contributed by atoms with Crippen LogP contribution in [0.5, 0.6) is 0 Å². The summed E-state index contributed by atoms with van der Waals surface area (Å²) in [5.41, 5.74) is 0. The molecule has 0 aromatic heterocycles. The molecule has 2 saturated carbocycles. The molecule has 0 amide bonds. The van der Waals surface area contributed by atoms with Gasteiger partial charge in [-0.05, 0) is 51.9 Å². The van der Waals surface area contributed by atoms with Crippen LogP contribution in [0.25, 0.3) is 0 Å². The van der Waals surface area contributed by atoms with Gasteiger partial charge in [-0.3, -0.25) is 4.79 Å². The molecule has 110 valence electrons. The lowest BCUT2D eigenvalue weighted by atomic mass is 9.84. The van der Waals surface area contributed by atoms with Crippen LogP contribution in [0.15, 0.2) is 0 Å². The van der Waals surface area contributed by atoms with E-state index in [1.807, 2.05) is 6.92 Å². The van der Waals surface area contributed by atoms with Gasteiger partial charge in [0, 0.05) is 12.1 Å². The number of esters is 1. The van der Waals surface area contributed by atoms with Gasteiger partial charge >= 0.3 is 5.97 Å². The van der Waals surface area contributed by atoms with Crippen LogP contribution >= 0.6 is 0 Å². The minimum atomic E-state index is 0.0162. The molecule has 3 unspecified atom stereocenters. The summed E-state index contributed by atoms with van der Waals surface area (Å²) in [6.45, 7) is 4.72. The topological polar surface area (TPSA) is 38.3 Å². The number of hydrogen-bond acceptors (Lipinski definition) is 3. The van der Waals surface area contributed by atoms with Crippen LogP contribution in [-0.2, 0) is 9.53 Å². The summed E-state index contributed by atoms with van der Waals surface area (Å²) in [6, 6.07) is 1.12. The van der Waals surface area contributed by atoms with Crippen molar-refractivity contribution in [3.63, 3.8) is 0 Å². The molecule has 3 heteroatoms. The molecule has 0 heterocycles. The molecular weight excluding hydrogens is 238 g/mol. The molecule has 0 bridgehead atoms. The van der Waals surface area contributed by atoms with E-state index < -0.39 is 0 Å². The highest BCUT2D eigenvalue weighted by atomic mass is 16.5. The maximum Gasteiger partial charge on any atom is 0.308 e. The highest BCUT2D eigenvalue weighted by molar-refractivity contribution is 5.72. The largest absolute Gasteiger partial charge is 0.466 e. The van der Waals surface area contributed by atoms with Crippen LogP contribution in [0.4, 0.5) is 0 Å². The van der Waals surface area contributed by atoms with Crippen LogP contribution in [0.1, 0.15) is 65.2 Å². The Morgan fingerprint density at radius 3 is 2.63 bits per heavy atom. The molecule has 2 rings (SSSR count). The Balaban J connectivity index is 1.78. The maximum absolute atomic E-state index is 11.8. The first-order valence-corrected chi connectivity index (χ1v) is 8.13. The van der Waals surface area contributed by atoms with Gasteiger partial charge in [0.05, 0.1) is 12.5 Å². The highest BCUT2D eigenvalue weighted by Crippen LogP contribution is 2.30. The maximum atomic E-state index is 11.8. The Morgan fingerprint density at radius 2 is 1.95 bits per heavy atom. The van der Waals surface area contributed by atoms with E-state index in [1.165, 1.54) is 32.1 Å². The van der Waals surface area contributed by atoms with E-state index in [9.17, 15) is 4.79 Å². The smallest absolute Gasteiger partial charge is 0.308 e. The van der Waals surface area contributed by atoms with Crippen LogP contribution < -0.4 is 5.32 Å². The van der Waals surface area contributed by atoms with E-state index in [1.54, 1.807) is 0 Å². The number of carbonyl (C=O) groups excluding carboxylic acids is 1. The Bertz CT molecular complexity index is 286. The van der Waals surface area contributed by atoms with Crippen molar-refractivity contribution in [1.29, 1.82) is 0 Å². The van der Waals surface area contributed by atoms with Gasteiger partial charge in [0.2, 0.25) is 0 Å². The zero-order chi connectivity index (χ0) is 13.7. The Kier molecular flexibility index (Phi) is 5.68. The van der Waals surface area contributed by atoms with Crippen LogP contribution in [0.2, 0.25) is 0 Å². The van der Waals surface area contributed by atoms with Crippen LogP contribution in [0, 0.1) is 11.8 Å². The lowest BCUT2D eigenvalue weighted by molar-refractivity contribution is -0.149. The standard InChI is InChI=1S/C16H29NO2/c1-3-19-16(18)14-9-6-10-15(11-14)17-12(2)13-7-4-5-8-13/h12-15,17H,3-11H2,1-2H3. The van der Waals surface area contributed by atoms with Gasteiger partial charge in [-0.1, -0.05) is 19.3 Å². The van der Waals surface area contributed by atoms with Crippen molar-refractivity contribution >= 4 is 5.97 Å². The second-order valence-electron chi connectivity index (χ2n) is 6.31. The minimum absolute atomic E-state index is 0.0162. The minimum Gasteiger partial charge on any atom is -0.466 e. The van der Waals surface area contributed by atoms with E-state index in [4.69, 9.17) is 4.74 Å². The summed E-state index contributed by atoms with van der Waals surface area (Å²) in [6.07, 6.45) is 9.89. The van der Waals surface area contributed by atoms with Gasteiger partial charge in [0.25, 0.3) is 0 Å². The second kappa shape index (κ2) is 7.28. The number of hydrogen-bond donors (Lipinski definition) is 1. The van der Waals surface area contributed by atoms with Crippen molar-refractivity contribution < 1.29 is 9.53 Å². The molecule has 0 saturated heterocycles. The summed E-state index contributed by atoms with van der Waals surface area (Å²) in [5.74, 6) is 0.993. The summed E-state index contributed by atoms with van der Waals surface area (Å²) < 4.78 is 5.17. The van der Waals surface area contributed by atoms with Gasteiger partial charge in [-0.15, -0.1) is 0 Å². The fourth-order valence-corrected chi connectivity index (χ4v) is 3.78. The SMILES string of the molecule is CCOC(=O)C1CCCC(NC(C)C2CCCC2)C1. The average molecular weight is 267 g/mol. The van der Waals surface area contributed by atoms with Crippen molar-refractivity contribution in [2.24, 2.45) is 11.8 Å². The first-order chi connectivity index (χ1) is 9.20. The quantitative estimate of drug-likeness (QED) is 0.777. The van der Waals surface area contributed by atoms with E-state index in [2.05, 4.69) is 12.2 Å². The molecule has 0 aromatic carbocycles. The third kappa shape index (κ3) is 4.20. The molecule has 19 heavy (non-hydrogen) atoms. The fraction of sp³-hybridized carbons (Fsp3) is 0.938. The Morgan fingerprint density at radius 1 is 1.21 bits per heavy atom. The van der Waals surface area contributed by atoms with Crippen molar-refractivity contribution in [2.75, 3.05) is 6.61 Å². The molecular formula is C16H29NO2. The highest BCUT2D eigenvalue weighted by Gasteiger charge is 2.30. The average Bonchev–Trinajstić information content (AvgIpc) is 2.93. The molecule has 2 aliphatic rings. The van der Waals surface area contributed by atoms with E-state index in [0.29, 0.717) is 18.7 Å².